The number of nitrogens with zero attached hydrogens (tertiary/aromatic N) is 2. The molecule has 2 aromatic rings. The maximum atomic E-state index is 12.3. The van der Waals surface area contributed by atoms with Gasteiger partial charge in [-0.25, -0.2) is 4.98 Å². The summed E-state index contributed by atoms with van der Waals surface area (Å²) < 4.78 is 2.10. The number of hydrogen-bond donors (Lipinski definition) is 1. The van der Waals surface area contributed by atoms with E-state index in [-0.39, 0.29) is 5.78 Å². The molecule has 0 saturated heterocycles. The molecule has 0 bridgehead atoms. The summed E-state index contributed by atoms with van der Waals surface area (Å²) in [5.74, 6) is 0.968. The Hall–Kier alpha value is -1.68. The SMILES string of the molecule is CCn1c(CC(=O)C(C)(C)CN)nc2ccccc21. The molecule has 4 nitrogen and oxygen atoms in total. The van der Waals surface area contributed by atoms with E-state index in [9.17, 15) is 4.79 Å². The molecule has 0 aliphatic heterocycles. The van der Waals surface area contributed by atoms with Crippen molar-refractivity contribution in [1.82, 2.24) is 9.55 Å². The van der Waals surface area contributed by atoms with Crippen LogP contribution in [0.3, 0.4) is 0 Å². The number of ketones is 1. The summed E-state index contributed by atoms with van der Waals surface area (Å²) >= 11 is 0. The van der Waals surface area contributed by atoms with E-state index in [1.54, 1.807) is 0 Å². The second kappa shape index (κ2) is 5.13. The van der Waals surface area contributed by atoms with E-state index in [1.165, 1.54) is 0 Å². The summed E-state index contributed by atoms with van der Waals surface area (Å²) in [6, 6.07) is 7.97. The summed E-state index contributed by atoms with van der Waals surface area (Å²) in [5.41, 5.74) is 7.19. The van der Waals surface area contributed by atoms with Gasteiger partial charge < -0.3 is 10.3 Å². The zero-order valence-electron chi connectivity index (χ0n) is 11.8. The molecule has 0 atom stereocenters. The molecular formula is C15H21N3O. The van der Waals surface area contributed by atoms with E-state index in [1.807, 2.05) is 38.1 Å². The van der Waals surface area contributed by atoms with Crippen LogP contribution in [0.2, 0.25) is 0 Å². The summed E-state index contributed by atoms with van der Waals surface area (Å²) in [5, 5.41) is 0. The molecule has 2 rings (SSSR count). The van der Waals surface area contributed by atoms with Crippen LogP contribution < -0.4 is 5.73 Å². The van der Waals surface area contributed by atoms with Crippen LogP contribution in [-0.4, -0.2) is 21.9 Å². The maximum absolute atomic E-state index is 12.3. The molecule has 1 aromatic heterocycles. The minimum atomic E-state index is -0.489. The smallest absolute Gasteiger partial charge is 0.147 e. The van der Waals surface area contributed by atoms with Crippen LogP contribution in [0.1, 0.15) is 26.6 Å². The van der Waals surface area contributed by atoms with Gasteiger partial charge in [-0.05, 0) is 19.1 Å². The van der Waals surface area contributed by atoms with Crippen LogP contribution >= 0.6 is 0 Å². The van der Waals surface area contributed by atoms with E-state index in [0.29, 0.717) is 13.0 Å². The van der Waals surface area contributed by atoms with E-state index < -0.39 is 5.41 Å². The van der Waals surface area contributed by atoms with Gasteiger partial charge >= 0.3 is 0 Å². The van der Waals surface area contributed by atoms with Crippen LogP contribution in [0.5, 0.6) is 0 Å². The van der Waals surface area contributed by atoms with Crippen molar-refractivity contribution in [1.29, 1.82) is 0 Å². The van der Waals surface area contributed by atoms with Crippen LogP contribution in [-0.2, 0) is 17.8 Å². The van der Waals surface area contributed by atoms with Crippen LogP contribution in [0.25, 0.3) is 11.0 Å². The predicted octanol–water partition coefficient (Wildman–Crippen LogP) is 2.15. The molecule has 0 saturated carbocycles. The van der Waals surface area contributed by atoms with Crippen molar-refractivity contribution in [2.24, 2.45) is 11.1 Å². The fourth-order valence-corrected chi connectivity index (χ4v) is 2.11. The normalized spacial score (nSPS) is 12.0. The zero-order valence-corrected chi connectivity index (χ0v) is 11.8. The number of carbonyl (C=O) groups is 1. The third-order valence-electron chi connectivity index (χ3n) is 3.63. The van der Waals surface area contributed by atoms with Crippen molar-refractivity contribution >= 4 is 16.8 Å². The molecule has 1 heterocycles. The highest BCUT2D eigenvalue weighted by molar-refractivity contribution is 5.87. The molecular weight excluding hydrogens is 238 g/mol. The largest absolute Gasteiger partial charge is 0.329 e. The minimum absolute atomic E-state index is 0.139. The number of aromatic nitrogens is 2. The van der Waals surface area contributed by atoms with Gasteiger partial charge in [0.25, 0.3) is 0 Å². The number of hydrogen-bond acceptors (Lipinski definition) is 3. The van der Waals surface area contributed by atoms with Crippen molar-refractivity contribution in [3.8, 4) is 0 Å². The molecule has 1 aromatic carbocycles. The van der Waals surface area contributed by atoms with Crippen LogP contribution in [0.15, 0.2) is 24.3 Å². The summed E-state index contributed by atoms with van der Waals surface area (Å²) in [6.45, 7) is 7.00. The minimum Gasteiger partial charge on any atom is -0.329 e. The molecule has 4 heteroatoms. The number of fused-ring (bicyclic) bond motifs is 1. The third kappa shape index (κ3) is 2.54. The van der Waals surface area contributed by atoms with Gasteiger partial charge in [0.15, 0.2) is 0 Å². The fourth-order valence-electron chi connectivity index (χ4n) is 2.11. The Bertz CT molecular complexity index is 598. The van der Waals surface area contributed by atoms with Crippen molar-refractivity contribution < 1.29 is 4.79 Å². The van der Waals surface area contributed by atoms with Crippen LogP contribution in [0, 0.1) is 5.41 Å². The number of benzene rings is 1. The Kier molecular flexibility index (Phi) is 3.71. The highest BCUT2D eigenvalue weighted by atomic mass is 16.1. The van der Waals surface area contributed by atoms with Gasteiger partial charge in [0.2, 0.25) is 0 Å². The van der Waals surface area contributed by atoms with Gasteiger partial charge in [-0.2, -0.15) is 0 Å². The van der Waals surface area contributed by atoms with Crippen molar-refractivity contribution in [2.75, 3.05) is 6.54 Å². The maximum Gasteiger partial charge on any atom is 0.147 e. The summed E-state index contributed by atoms with van der Waals surface area (Å²) in [7, 11) is 0. The number of carbonyl (C=O) groups excluding carboxylic acids is 1. The Balaban J connectivity index is 2.38. The first-order valence-corrected chi connectivity index (χ1v) is 6.67. The number of para-hydroxylation sites is 2. The van der Waals surface area contributed by atoms with Gasteiger partial charge in [-0.3, -0.25) is 4.79 Å². The molecule has 0 aliphatic rings. The molecule has 0 aliphatic carbocycles. The van der Waals surface area contributed by atoms with Gasteiger partial charge in [0.05, 0.1) is 17.5 Å². The monoisotopic (exact) mass is 259 g/mol. The van der Waals surface area contributed by atoms with Gasteiger partial charge in [0, 0.05) is 18.5 Å². The zero-order chi connectivity index (χ0) is 14.0. The Labute approximate surface area is 113 Å². The average Bonchev–Trinajstić information content (AvgIpc) is 2.75. The number of rotatable bonds is 5. The number of aryl methyl sites for hydroxylation is 1. The number of Topliss-reactive ketones (excluding diaryl/α,β-unsaturated/α-hetero) is 1. The van der Waals surface area contributed by atoms with Gasteiger partial charge in [-0.1, -0.05) is 26.0 Å². The Morgan fingerprint density at radius 3 is 2.68 bits per heavy atom. The first-order chi connectivity index (χ1) is 8.99. The van der Waals surface area contributed by atoms with Crippen LogP contribution in [0.4, 0.5) is 0 Å². The number of imidazole rings is 1. The molecule has 0 amide bonds. The van der Waals surface area contributed by atoms with E-state index in [4.69, 9.17) is 5.73 Å². The second-order valence-electron chi connectivity index (χ2n) is 5.45. The summed E-state index contributed by atoms with van der Waals surface area (Å²) in [6.07, 6.45) is 0.340. The molecule has 0 spiro atoms. The van der Waals surface area contributed by atoms with Crippen molar-refractivity contribution in [2.45, 2.75) is 33.7 Å². The summed E-state index contributed by atoms with van der Waals surface area (Å²) in [4.78, 5) is 16.8. The van der Waals surface area contributed by atoms with Crippen molar-refractivity contribution in [3.63, 3.8) is 0 Å². The topological polar surface area (TPSA) is 60.9 Å². The number of nitrogens with two attached hydrogens (primary N) is 1. The Morgan fingerprint density at radius 1 is 1.37 bits per heavy atom. The average molecular weight is 259 g/mol. The molecule has 102 valence electrons. The standard InChI is InChI=1S/C15H21N3O/c1-4-18-12-8-6-5-7-11(12)17-14(18)9-13(19)15(2,3)10-16/h5-8H,4,9-10,16H2,1-3H3. The molecule has 0 fully saturated rings. The molecule has 0 radical (unpaired) electrons. The highest BCUT2D eigenvalue weighted by Gasteiger charge is 2.27. The lowest BCUT2D eigenvalue weighted by Crippen LogP contribution is -2.34. The lowest BCUT2D eigenvalue weighted by molar-refractivity contribution is -0.126. The van der Waals surface area contributed by atoms with E-state index in [0.717, 1.165) is 23.4 Å². The van der Waals surface area contributed by atoms with Crippen molar-refractivity contribution in [3.05, 3.63) is 30.1 Å². The lowest BCUT2D eigenvalue weighted by atomic mass is 9.86. The first kappa shape index (κ1) is 13.7. The quantitative estimate of drug-likeness (QED) is 0.895. The third-order valence-corrected chi connectivity index (χ3v) is 3.63. The highest BCUT2D eigenvalue weighted by Crippen LogP contribution is 2.20. The molecule has 19 heavy (non-hydrogen) atoms. The molecule has 0 unspecified atom stereocenters. The predicted molar refractivity (Wildman–Crippen MR) is 77.0 cm³/mol. The van der Waals surface area contributed by atoms with Gasteiger partial charge in [-0.15, -0.1) is 0 Å². The lowest BCUT2D eigenvalue weighted by Gasteiger charge is -2.20. The second-order valence-corrected chi connectivity index (χ2v) is 5.45. The van der Waals surface area contributed by atoms with E-state index in [2.05, 4.69) is 16.5 Å². The first-order valence-electron chi connectivity index (χ1n) is 6.67. The van der Waals surface area contributed by atoms with Gasteiger partial charge in [0.1, 0.15) is 11.6 Å². The fraction of sp³-hybridized carbons (Fsp3) is 0.467. The Morgan fingerprint density at radius 2 is 2.05 bits per heavy atom. The van der Waals surface area contributed by atoms with E-state index >= 15 is 0 Å². The molecule has 2 N–H and O–H groups in total.